The largest absolute Gasteiger partial charge is 0.487 e. The number of halogens is 5. The molecule has 0 fully saturated rings. The number of rotatable bonds is 3. The van der Waals surface area contributed by atoms with Gasteiger partial charge in [-0.2, -0.15) is 0 Å². The number of ether oxygens (including phenoxy) is 1. The summed E-state index contributed by atoms with van der Waals surface area (Å²) < 4.78 is 9.18. The Labute approximate surface area is 162 Å². The van der Waals surface area contributed by atoms with Gasteiger partial charge in [0, 0.05) is 9.13 Å². The molecule has 0 N–H and O–H groups in total. The summed E-state index contributed by atoms with van der Waals surface area (Å²) in [6.45, 7) is 0.371. The Morgan fingerprint density at radius 3 is 2.26 bits per heavy atom. The Kier molecular flexibility index (Phi) is 6.25. The minimum absolute atomic E-state index is 0.371. The molecule has 7 heteroatoms. The monoisotopic (exact) mass is 631 g/mol. The van der Waals surface area contributed by atoms with Crippen LogP contribution < -0.4 is 4.74 Å². The topological polar surface area (TPSA) is 22.1 Å². The maximum absolute atomic E-state index is 6.02. The van der Waals surface area contributed by atoms with E-state index in [-0.39, 0.29) is 0 Å². The first-order chi connectivity index (χ1) is 8.97. The second-order valence-electron chi connectivity index (χ2n) is 3.57. The lowest BCUT2D eigenvalue weighted by atomic mass is 10.3. The molecule has 2 aromatic rings. The van der Waals surface area contributed by atoms with Crippen molar-refractivity contribution in [2.45, 2.75) is 6.61 Å². The second kappa shape index (κ2) is 7.28. The van der Waals surface area contributed by atoms with Gasteiger partial charge in [0.15, 0.2) is 0 Å². The van der Waals surface area contributed by atoms with Gasteiger partial charge in [0.25, 0.3) is 0 Å². The maximum Gasteiger partial charge on any atom is 0.146 e. The fraction of sp³-hybridized carbons (Fsp3) is 0.0833. The molecule has 1 aromatic carbocycles. The van der Waals surface area contributed by atoms with Crippen molar-refractivity contribution < 1.29 is 4.74 Å². The molecule has 0 aliphatic rings. The van der Waals surface area contributed by atoms with E-state index in [1.54, 1.807) is 6.07 Å². The van der Waals surface area contributed by atoms with Crippen LogP contribution in [0, 0.1) is 10.7 Å². The first-order valence-electron chi connectivity index (χ1n) is 5.05. The predicted octanol–water partition coefficient (Wildman–Crippen LogP) is 5.78. The number of hydrogen-bond donors (Lipinski definition) is 0. The van der Waals surface area contributed by atoms with E-state index in [1.165, 1.54) is 3.57 Å². The van der Waals surface area contributed by atoms with E-state index in [9.17, 15) is 0 Å². The summed E-state index contributed by atoms with van der Waals surface area (Å²) in [6, 6.07) is 7.67. The SMILES string of the molecule is Clc1ccc(COc2c(I)cc(I)cc2I)c(Cl)n1. The zero-order valence-electron chi connectivity index (χ0n) is 9.26. The number of aromatic nitrogens is 1. The number of nitrogens with zero attached hydrogens (tertiary/aromatic N) is 1. The Morgan fingerprint density at radius 2 is 1.68 bits per heavy atom. The van der Waals surface area contributed by atoms with Crippen molar-refractivity contribution in [3.05, 3.63) is 50.8 Å². The number of benzene rings is 1. The van der Waals surface area contributed by atoms with Gasteiger partial charge in [-0.25, -0.2) is 4.98 Å². The third kappa shape index (κ3) is 4.45. The fourth-order valence-corrected chi connectivity index (χ4v) is 5.66. The van der Waals surface area contributed by atoms with Crippen molar-refractivity contribution in [1.29, 1.82) is 0 Å². The van der Waals surface area contributed by atoms with Crippen molar-refractivity contribution in [1.82, 2.24) is 4.98 Å². The lowest BCUT2D eigenvalue weighted by Gasteiger charge is -2.11. The van der Waals surface area contributed by atoms with Crippen LogP contribution in [0.3, 0.4) is 0 Å². The van der Waals surface area contributed by atoms with Crippen LogP contribution in [0.15, 0.2) is 24.3 Å². The highest BCUT2D eigenvalue weighted by molar-refractivity contribution is 14.1. The molecular weight excluding hydrogens is 626 g/mol. The number of pyridine rings is 1. The van der Waals surface area contributed by atoms with E-state index in [0.29, 0.717) is 16.9 Å². The molecule has 0 saturated heterocycles. The highest BCUT2D eigenvalue weighted by Crippen LogP contribution is 2.30. The summed E-state index contributed by atoms with van der Waals surface area (Å²) in [4.78, 5) is 3.99. The molecule has 1 aromatic heterocycles. The van der Waals surface area contributed by atoms with E-state index < -0.39 is 0 Å². The maximum atomic E-state index is 6.02. The zero-order chi connectivity index (χ0) is 14.0. The second-order valence-corrected chi connectivity index (χ2v) is 7.89. The molecule has 0 aliphatic heterocycles. The van der Waals surface area contributed by atoms with E-state index >= 15 is 0 Å². The molecule has 2 nitrogen and oxygen atoms in total. The Hall–Kier alpha value is 0.940. The smallest absolute Gasteiger partial charge is 0.146 e. The minimum Gasteiger partial charge on any atom is -0.487 e. The van der Waals surface area contributed by atoms with Crippen molar-refractivity contribution >= 4 is 91.0 Å². The minimum atomic E-state index is 0.371. The Morgan fingerprint density at radius 1 is 1.05 bits per heavy atom. The van der Waals surface area contributed by atoms with Gasteiger partial charge in [-0.1, -0.05) is 23.2 Å². The van der Waals surface area contributed by atoms with Gasteiger partial charge in [-0.05, 0) is 92.0 Å². The summed E-state index contributed by atoms with van der Waals surface area (Å²) >= 11 is 18.6. The summed E-state index contributed by atoms with van der Waals surface area (Å²) in [5.41, 5.74) is 0.816. The first kappa shape index (κ1) is 16.3. The van der Waals surface area contributed by atoms with E-state index in [4.69, 9.17) is 27.9 Å². The van der Waals surface area contributed by atoms with Crippen molar-refractivity contribution in [3.63, 3.8) is 0 Å². The molecule has 0 radical (unpaired) electrons. The van der Waals surface area contributed by atoms with E-state index in [0.717, 1.165) is 18.5 Å². The van der Waals surface area contributed by atoms with Crippen LogP contribution in [0.1, 0.15) is 5.56 Å². The third-order valence-corrected chi connectivity index (χ3v) is 4.99. The standard InChI is InChI=1S/C12H6Cl2I3NO/c13-10-2-1-6(12(14)18-10)5-19-11-8(16)3-7(15)4-9(11)17/h1-4H,5H2. The summed E-state index contributed by atoms with van der Waals surface area (Å²) in [6.07, 6.45) is 0. The van der Waals surface area contributed by atoms with Crippen molar-refractivity contribution in [2.75, 3.05) is 0 Å². The highest BCUT2D eigenvalue weighted by atomic mass is 127. The molecule has 0 saturated carbocycles. The first-order valence-corrected chi connectivity index (χ1v) is 9.05. The van der Waals surface area contributed by atoms with Gasteiger partial charge >= 0.3 is 0 Å². The molecule has 1 heterocycles. The van der Waals surface area contributed by atoms with Crippen LogP contribution in [0.25, 0.3) is 0 Å². The third-order valence-electron chi connectivity index (χ3n) is 2.23. The van der Waals surface area contributed by atoms with Crippen LogP contribution in [0.4, 0.5) is 0 Å². The molecule has 0 aliphatic carbocycles. The molecule has 100 valence electrons. The van der Waals surface area contributed by atoms with Gasteiger partial charge in [-0.15, -0.1) is 0 Å². The van der Waals surface area contributed by atoms with Crippen molar-refractivity contribution in [2.24, 2.45) is 0 Å². The molecule has 19 heavy (non-hydrogen) atoms. The zero-order valence-corrected chi connectivity index (χ0v) is 17.2. The van der Waals surface area contributed by atoms with Crippen LogP contribution >= 0.6 is 91.0 Å². The Bertz CT molecular complexity index is 599. The van der Waals surface area contributed by atoms with Gasteiger partial charge in [0.1, 0.15) is 22.7 Å². The van der Waals surface area contributed by atoms with E-state index in [1.807, 2.05) is 6.07 Å². The molecule has 2 rings (SSSR count). The van der Waals surface area contributed by atoms with Crippen molar-refractivity contribution in [3.8, 4) is 5.75 Å². The molecule has 0 unspecified atom stereocenters. The van der Waals surface area contributed by atoms with Crippen LogP contribution in [0.2, 0.25) is 10.3 Å². The molecule has 0 amide bonds. The number of hydrogen-bond acceptors (Lipinski definition) is 2. The van der Waals surface area contributed by atoms with Gasteiger partial charge in [0.05, 0.1) is 7.14 Å². The average molecular weight is 632 g/mol. The average Bonchev–Trinajstić information content (AvgIpc) is 2.30. The lowest BCUT2D eigenvalue weighted by molar-refractivity contribution is 0.301. The molecule has 0 spiro atoms. The molecular formula is C12H6Cl2I3NO. The molecule has 0 bridgehead atoms. The van der Waals surface area contributed by atoms with Crippen LogP contribution in [0.5, 0.6) is 5.75 Å². The normalized spacial score (nSPS) is 10.6. The van der Waals surface area contributed by atoms with Crippen LogP contribution in [-0.4, -0.2) is 4.98 Å². The predicted molar refractivity (Wildman–Crippen MR) is 103 cm³/mol. The summed E-state index contributed by atoms with van der Waals surface area (Å²) in [7, 11) is 0. The van der Waals surface area contributed by atoms with E-state index in [2.05, 4.69) is 84.9 Å². The summed E-state index contributed by atoms with van der Waals surface area (Å²) in [5, 5.41) is 0.759. The fourth-order valence-electron chi connectivity index (χ4n) is 1.37. The lowest BCUT2D eigenvalue weighted by Crippen LogP contribution is -2.01. The highest BCUT2D eigenvalue weighted by Gasteiger charge is 2.10. The quantitative estimate of drug-likeness (QED) is 0.317. The van der Waals surface area contributed by atoms with Gasteiger partial charge in [-0.3, -0.25) is 0 Å². The summed E-state index contributed by atoms with van der Waals surface area (Å²) in [5.74, 6) is 0.868. The Balaban J connectivity index is 2.19. The molecule has 0 atom stereocenters. The van der Waals surface area contributed by atoms with Crippen LogP contribution in [-0.2, 0) is 6.61 Å². The van der Waals surface area contributed by atoms with Gasteiger partial charge in [0.2, 0.25) is 0 Å². The van der Waals surface area contributed by atoms with Gasteiger partial charge < -0.3 is 4.74 Å².